The van der Waals surface area contributed by atoms with Gasteiger partial charge in [0.15, 0.2) is 0 Å². The molecule has 1 fully saturated rings. The van der Waals surface area contributed by atoms with E-state index in [2.05, 4.69) is 5.32 Å². The molecule has 1 amide bonds. The Morgan fingerprint density at radius 3 is 2.66 bits per heavy atom. The Bertz CT molecular complexity index is 893. The molecule has 29 heavy (non-hydrogen) atoms. The maximum atomic E-state index is 12.9. The van der Waals surface area contributed by atoms with Gasteiger partial charge < -0.3 is 10.1 Å². The molecule has 1 aliphatic rings. The lowest BCUT2D eigenvalue weighted by atomic mass is 10.0. The lowest BCUT2D eigenvalue weighted by Gasteiger charge is -2.34. The van der Waals surface area contributed by atoms with E-state index in [4.69, 9.17) is 4.74 Å². The summed E-state index contributed by atoms with van der Waals surface area (Å²) in [5.74, 6) is 0.567. The first kappa shape index (κ1) is 21.8. The van der Waals surface area contributed by atoms with Crippen molar-refractivity contribution in [3.05, 3.63) is 47.3 Å². The normalized spacial score (nSPS) is 18.0. The van der Waals surface area contributed by atoms with Crippen molar-refractivity contribution in [3.8, 4) is 5.75 Å². The van der Waals surface area contributed by atoms with Crippen LogP contribution in [-0.2, 0) is 10.0 Å². The first-order valence-corrected chi connectivity index (χ1v) is 12.3. The maximum Gasteiger partial charge on any atom is 0.252 e. The van der Waals surface area contributed by atoms with E-state index < -0.39 is 10.0 Å². The molecule has 158 valence electrons. The lowest BCUT2D eigenvalue weighted by Crippen LogP contribution is -2.44. The van der Waals surface area contributed by atoms with Gasteiger partial charge in [-0.3, -0.25) is 4.79 Å². The summed E-state index contributed by atoms with van der Waals surface area (Å²) in [7, 11) is -3.46. The Kier molecular flexibility index (Phi) is 7.32. The highest BCUT2D eigenvalue weighted by Gasteiger charge is 2.33. The van der Waals surface area contributed by atoms with Crippen molar-refractivity contribution < 1.29 is 17.9 Å². The van der Waals surface area contributed by atoms with Crippen molar-refractivity contribution >= 4 is 27.3 Å². The van der Waals surface area contributed by atoms with Gasteiger partial charge in [-0.1, -0.05) is 12.5 Å². The molecule has 8 heteroatoms. The smallest absolute Gasteiger partial charge is 0.252 e. The summed E-state index contributed by atoms with van der Waals surface area (Å²) in [6.45, 7) is 4.88. The molecule has 1 unspecified atom stereocenters. The molecule has 0 bridgehead atoms. The van der Waals surface area contributed by atoms with Crippen LogP contribution < -0.4 is 10.1 Å². The minimum Gasteiger partial charge on any atom is -0.491 e. The Balaban J connectivity index is 1.56. The van der Waals surface area contributed by atoms with Gasteiger partial charge in [0.1, 0.15) is 9.96 Å². The van der Waals surface area contributed by atoms with Gasteiger partial charge in [-0.25, -0.2) is 8.42 Å². The zero-order valence-electron chi connectivity index (χ0n) is 16.8. The van der Waals surface area contributed by atoms with Crippen LogP contribution >= 0.6 is 11.3 Å². The average molecular weight is 437 g/mol. The van der Waals surface area contributed by atoms with Crippen LogP contribution in [0.5, 0.6) is 5.75 Å². The number of amides is 1. The third-order valence-corrected chi connectivity index (χ3v) is 8.21. The Labute approximate surface area is 176 Å². The number of piperidine rings is 1. The fraction of sp³-hybridized carbons (Fsp3) is 0.476. The van der Waals surface area contributed by atoms with Crippen molar-refractivity contribution in [1.29, 1.82) is 0 Å². The van der Waals surface area contributed by atoms with Gasteiger partial charge in [-0.15, -0.1) is 11.3 Å². The molecular weight excluding hydrogens is 408 g/mol. The molecule has 1 aromatic heterocycles. The molecule has 3 rings (SSSR count). The van der Waals surface area contributed by atoms with Crippen molar-refractivity contribution in [2.75, 3.05) is 13.1 Å². The van der Waals surface area contributed by atoms with Crippen LogP contribution in [0.4, 0.5) is 0 Å². The van der Waals surface area contributed by atoms with E-state index in [1.165, 1.54) is 11.3 Å². The van der Waals surface area contributed by atoms with E-state index in [1.807, 2.05) is 13.8 Å². The molecule has 1 saturated heterocycles. The molecule has 2 aromatic rings. The quantitative estimate of drug-likeness (QED) is 0.681. The number of carbonyl (C=O) groups is 1. The second kappa shape index (κ2) is 9.73. The van der Waals surface area contributed by atoms with E-state index in [0.29, 0.717) is 29.3 Å². The van der Waals surface area contributed by atoms with Crippen LogP contribution in [0, 0.1) is 0 Å². The fourth-order valence-corrected chi connectivity index (χ4v) is 6.36. The monoisotopic (exact) mass is 436 g/mol. The zero-order valence-corrected chi connectivity index (χ0v) is 18.5. The molecular formula is C21H28N2O4S2. The SMILES string of the molecule is CC(C)Oc1ccc(C(=O)NCCC2CCCCN2S(=O)(=O)c2cccs2)cc1. The maximum absolute atomic E-state index is 12.9. The molecule has 1 atom stereocenters. The van der Waals surface area contributed by atoms with Crippen LogP contribution in [-0.4, -0.2) is 43.9 Å². The van der Waals surface area contributed by atoms with Gasteiger partial charge in [0.05, 0.1) is 6.10 Å². The number of nitrogens with zero attached hydrogens (tertiary/aromatic N) is 1. The second-order valence-electron chi connectivity index (χ2n) is 7.43. The number of carbonyl (C=O) groups excluding carboxylic acids is 1. The van der Waals surface area contributed by atoms with Gasteiger partial charge >= 0.3 is 0 Å². The van der Waals surface area contributed by atoms with Crippen LogP contribution in [0.2, 0.25) is 0 Å². The highest BCUT2D eigenvalue weighted by Crippen LogP contribution is 2.29. The minimum atomic E-state index is -3.46. The molecule has 0 saturated carbocycles. The number of thiophene rings is 1. The third-order valence-electron chi connectivity index (χ3n) is 4.88. The number of nitrogens with one attached hydrogen (secondary N) is 1. The molecule has 1 N–H and O–H groups in total. The van der Waals surface area contributed by atoms with Crippen molar-refractivity contribution in [1.82, 2.24) is 9.62 Å². The van der Waals surface area contributed by atoms with Crippen molar-refractivity contribution in [2.45, 2.75) is 55.9 Å². The van der Waals surface area contributed by atoms with E-state index in [-0.39, 0.29) is 18.1 Å². The van der Waals surface area contributed by atoms with Gasteiger partial charge in [0.25, 0.3) is 15.9 Å². The summed E-state index contributed by atoms with van der Waals surface area (Å²) in [6.07, 6.45) is 3.38. The number of benzene rings is 1. The first-order chi connectivity index (χ1) is 13.9. The first-order valence-electron chi connectivity index (χ1n) is 9.98. The van der Waals surface area contributed by atoms with Crippen molar-refractivity contribution in [2.24, 2.45) is 0 Å². The summed E-state index contributed by atoms with van der Waals surface area (Å²) >= 11 is 1.25. The Hall–Kier alpha value is -1.90. The number of ether oxygens (including phenoxy) is 1. The summed E-state index contributed by atoms with van der Waals surface area (Å²) in [5.41, 5.74) is 0.563. The predicted molar refractivity (Wildman–Crippen MR) is 115 cm³/mol. The number of sulfonamides is 1. The third kappa shape index (κ3) is 5.58. The van der Waals surface area contributed by atoms with E-state index in [1.54, 1.807) is 46.1 Å². The van der Waals surface area contributed by atoms with Gasteiger partial charge in [0.2, 0.25) is 0 Å². The molecule has 0 spiro atoms. The highest BCUT2D eigenvalue weighted by atomic mass is 32.2. The van der Waals surface area contributed by atoms with Crippen LogP contribution in [0.1, 0.15) is 49.9 Å². The van der Waals surface area contributed by atoms with Gasteiger partial charge in [-0.2, -0.15) is 4.31 Å². The molecule has 0 aliphatic carbocycles. The standard InChI is InChI=1S/C21H28N2O4S2/c1-16(2)27-19-10-8-17(9-11-19)21(24)22-13-12-18-6-3-4-14-23(18)29(25,26)20-7-5-15-28-20/h5,7-11,15-16,18H,3-4,6,12-14H2,1-2H3,(H,22,24). The largest absolute Gasteiger partial charge is 0.491 e. The fourth-order valence-electron chi connectivity index (χ4n) is 3.52. The topological polar surface area (TPSA) is 75.7 Å². The number of rotatable bonds is 8. The summed E-state index contributed by atoms with van der Waals surface area (Å²) < 4.78 is 33.4. The summed E-state index contributed by atoms with van der Waals surface area (Å²) in [6, 6.07) is 10.4. The van der Waals surface area contributed by atoms with E-state index in [9.17, 15) is 13.2 Å². The van der Waals surface area contributed by atoms with Crippen LogP contribution in [0.15, 0.2) is 46.0 Å². The molecule has 2 heterocycles. The number of hydrogen-bond acceptors (Lipinski definition) is 5. The Morgan fingerprint density at radius 2 is 2.00 bits per heavy atom. The highest BCUT2D eigenvalue weighted by molar-refractivity contribution is 7.91. The van der Waals surface area contributed by atoms with E-state index in [0.717, 1.165) is 25.0 Å². The summed E-state index contributed by atoms with van der Waals surface area (Å²) in [4.78, 5) is 12.4. The van der Waals surface area contributed by atoms with Crippen molar-refractivity contribution in [3.63, 3.8) is 0 Å². The van der Waals surface area contributed by atoms with Crippen LogP contribution in [0.3, 0.4) is 0 Å². The number of hydrogen-bond donors (Lipinski definition) is 1. The molecule has 1 aromatic carbocycles. The molecule has 0 radical (unpaired) electrons. The zero-order chi connectivity index (χ0) is 20.9. The predicted octanol–water partition coefficient (Wildman–Crippen LogP) is 3.90. The van der Waals surface area contributed by atoms with Gasteiger partial charge in [0, 0.05) is 24.7 Å². The summed E-state index contributed by atoms with van der Waals surface area (Å²) in [5, 5.41) is 4.70. The lowest BCUT2D eigenvalue weighted by molar-refractivity contribution is 0.0949. The van der Waals surface area contributed by atoms with E-state index >= 15 is 0 Å². The van der Waals surface area contributed by atoms with Crippen LogP contribution in [0.25, 0.3) is 0 Å². The second-order valence-corrected chi connectivity index (χ2v) is 10.5. The molecule has 6 nitrogen and oxygen atoms in total. The minimum absolute atomic E-state index is 0.0820. The molecule has 1 aliphatic heterocycles. The average Bonchev–Trinajstić information content (AvgIpc) is 3.24. The van der Waals surface area contributed by atoms with Gasteiger partial charge in [-0.05, 0) is 68.8 Å². The Morgan fingerprint density at radius 1 is 1.24 bits per heavy atom.